The van der Waals surface area contributed by atoms with Crippen molar-refractivity contribution in [1.29, 1.82) is 0 Å². The van der Waals surface area contributed by atoms with Gasteiger partial charge in [-0.1, -0.05) is 0 Å². The van der Waals surface area contributed by atoms with Crippen LogP contribution in [0.3, 0.4) is 0 Å². The molecule has 0 aromatic carbocycles. The number of nitrogen functional groups attached to an aromatic ring is 1. The van der Waals surface area contributed by atoms with E-state index in [-0.39, 0.29) is 0 Å². The molecule has 2 aliphatic rings. The summed E-state index contributed by atoms with van der Waals surface area (Å²) in [5.74, 6) is 1.89. The van der Waals surface area contributed by atoms with Crippen LogP contribution in [-0.4, -0.2) is 59.9 Å². The van der Waals surface area contributed by atoms with Crippen molar-refractivity contribution in [2.24, 2.45) is 0 Å². The molecule has 1 atom stereocenters. The van der Waals surface area contributed by atoms with E-state index >= 15 is 0 Å². The van der Waals surface area contributed by atoms with Gasteiger partial charge in [-0.15, -0.1) is 0 Å². The Morgan fingerprint density at radius 1 is 1.28 bits per heavy atom. The summed E-state index contributed by atoms with van der Waals surface area (Å²) in [5, 5.41) is 1.15. The molecule has 29 heavy (non-hydrogen) atoms. The number of rotatable bonds is 4. The number of pyridine rings is 2. The molecule has 7 nitrogen and oxygen atoms in total. The molecule has 7 heteroatoms. The van der Waals surface area contributed by atoms with E-state index in [4.69, 9.17) is 20.2 Å². The minimum atomic E-state index is -0.482. The molecule has 152 valence electrons. The number of likely N-dealkylation sites (tertiary alicyclic amines) is 1. The molecule has 3 aromatic heterocycles. The minimum absolute atomic E-state index is 0.482. The lowest BCUT2D eigenvalue weighted by Crippen LogP contribution is -2.41. The van der Waals surface area contributed by atoms with Crippen molar-refractivity contribution in [3.63, 3.8) is 0 Å². The van der Waals surface area contributed by atoms with Crippen LogP contribution >= 0.6 is 0 Å². The fourth-order valence-corrected chi connectivity index (χ4v) is 4.59. The Hall–Kier alpha value is -2.48. The molecule has 0 amide bonds. The molecule has 0 radical (unpaired) electrons. The van der Waals surface area contributed by atoms with Crippen LogP contribution in [0, 0.1) is 6.92 Å². The number of aryl methyl sites for hydroxylation is 1. The molecular weight excluding hydrogens is 366 g/mol. The van der Waals surface area contributed by atoms with E-state index in [1.807, 2.05) is 12.3 Å². The lowest BCUT2D eigenvalue weighted by molar-refractivity contribution is -0.0246. The maximum absolute atomic E-state index is 6.04. The highest BCUT2D eigenvalue weighted by Gasteiger charge is 2.39. The van der Waals surface area contributed by atoms with Gasteiger partial charge in [0.25, 0.3) is 0 Å². The average Bonchev–Trinajstić information content (AvgIpc) is 3.30. The van der Waals surface area contributed by atoms with Gasteiger partial charge < -0.3 is 24.7 Å². The predicted octanol–water partition coefficient (Wildman–Crippen LogP) is 2.60. The molecule has 0 aliphatic carbocycles. The van der Waals surface area contributed by atoms with Crippen LogP contribution in [0.4, 0.5) is 5.82 Å². The van der Waals surface area contributed by atoms with Crippen molar-refractivity contribution in [3.8, 4) is 5.82 Å². The third kappa shape index (κ3) is 3.01. The van der Waals surface area contributed by atoms with Crippen molar-refractivity contribution < 1.29 is 9.47 Å². The first kappa shape index (κ1) is 18.5. The number of fused-ring (bicyclic) bond motifs is 1. The first-order valence-corrected chi connectivity index (χ1v) is 10.1. The molecule has 2 saturated heterocycles. The number of methoxy groups -OCH3 is 1. The van der Waals surface area contributed by atoms with Crippen LogP contribution in [0.25, 0.3) is 16.7 Å². The molecule has 0 saturated carbocycles. The summed E-state index contributed by atoms with van der Waals surface area (Å²) in [5.41, 5.74) is 9.96. The quantitative estimate of drug-likeness (QED) is 0.734. The fraction of sp³-hybridized carbons (Fsp3) is 0.455. The fourth-order valence-electron chi connectivity index (χ4n) is 4.59. The summed E-state index contributed by atoms with van der Waals surface area (Å²) in [6.45, 7) is 5.42. The maximum Gasteiger partial charge on any atom is 0.137 e. The van der Waals surface area contributed by atoms with Crippen LogP contribution < -0.4 is 5.73 Å². The van der Waals surface area contributed by atoms with E-state index in [2.05, 4.69) is 46.8 Å². The lowest BCUT2D eigenvalue weighted by atomic mass is 9.92. The number of aromatic nitrogens is 3. The van der Waals surface area contributed by atoms with Crippen molar-refractivity contribution in [2.75, 3.05) is 46.2 Å². The van der Waals surface area contributed by atoms with Crippen molar-refractivity contribution >= 4 is 16.7 Å². The van der Waals surface area contributed by atoms with Crippen LogP contribution in [-0.2, 0) is 15.1 Å². The SMILES string of the molecule is CO[C@@]1(c2cc(C)cc(-n3cc(C4CN(C)C4)c4cnc(N)cc43)n2)CCOC1. The third-order valence-electron chi connectivity index (χ3n) is 6.29. The zero-order valence-corrected chi connectivity index (χ0v) is 17.2. The lowest BCUT2D eigenvalue weighted by Gasteiger charge is -2.36. The highest BCUT2D eigenvalue weighted by molar-refractivity contribution is 5.87. The molecule has 5 rings (SSSR count). The summed E-state index contributed by atoms with van der Waals surface area (Å²) in [6.07, 6.45) is 4.91. The molecule has 3 aromatic rings. The van der Waals surface area contributed by atoms with E-state index in [1.165, 1.54) is 5.56 Å². The first-order chi connectivity index (χ1) is 14.0. The molecule has 2 aliphatic heterocycles. The zero-order chi connectivity index (χ0) is 20.2. The molecule has 2 fully saturated rings. The van der Waals surface area contributed by atoms with Crippen molar-refractivity contribution in [2.45, 2.75) is 24.9 Å². The Morgan fingerprint density at radius 2 is 2.10 bits per heavy atom. The standard InChI is InChI=1S/C22H27N5O2/c1-14-6-19(22(28-3)4-5-29-13-22)25-21(7-14)27-12-17(15-10-26(2)11-15)16-9-24-20(23)8-18(16)27/h6-9,12,15H,4-5,10-11,13H2,1-3H3,(H2,23,24)/t22-/m0/s1. The second-order valence-corrected chi connectivity index (χ2v) is 8.39. The van der Waals surface area contributed by atoms with E-state index in [0.717, 1.165) is 47.5 Å². The second kappa shape index (κ2) is 6.79. The molecule has 2 N–H and O–H groups in total. The van der Waals surface area contributed by atoms with Crippen molar-refractivity contribution in [1.82, 2.24) is 19.4 Å². The minimum Gasteiger partial charge on any atom is -0.384 e. The topological polar surface area (TPSA) is 78.4 Å². The molecular formula is C22H27N5O2. The van der Waals surface area contributed by atoms with Gasteiger partial charge in [-0.05, 0) is 37.2 Å². The highest BCUT2D eigenvalue weighted by Crippen LogP contribution is 2.37. The Morgan fingerprint density at radius 3 is 2.79 bits per heavy atom. The number of hydrogen-bond donors (Lipinski definition) is 1. The van der Waals surface area contributed by atoms with E-state index in [9.17, 15) is 0 Å². The third-order valence-corrected chi connectivity index (χ3v) is 6.29. The van der Waals surface area contributed by atoms with E-state index < -0.39 is 5.60 Å². The Bertz CT molecular complexity index is 1060. The summed E-state index contributed by atoms with van der Waals surface area (Å²) in [7, 11) is 3.88. The monoisotopic (exact) mass is 393 g/mol. The number of nitrogens with zero attached hydrogens (tertiary/aromatic N) is 4. The van der Waals surface area contributed by atoms with Gasteiger partial charge in [0.2, 0.25) is 0 Å². The normalized spacial score (nSPS) is 23.0. The number of ether oxygens (including phenoxy) is 2. The number of hydrogen-bond acceptors (Lipinski definition) is 6. The first-order valence-electron chi connectivity index (χ1n) is 10.1. The molecule has 0 spiro atoms. The van der Waals surface area contributed by atoms with Gasteiger partial charge >= 0.3 is 0 Å². The molecule has 0 unspecified atom stereocenters. The second-order valence-electron chi connectivity index (χ2n) is 8.39. The summed E-state index contributed by atoms with van der Waals surface area (Å²) in [4.78, 5) is 11.7. The van der Waals surface area contributed by atoms with Crippen LogP contribution in [0.15, 0.2) is 30.6 Å². The van der Waals surface area contributed by atoms with Gasteiger partial charge in [-0.2, -0.15) is 0 Å². The van der Waals surface area contributed by atoms with Crippen LogP contribution in [0.2, 0.25) is 0 Å². The average molecular weight is 393 g/mol. The van der Waals surface area contributed by atoms with Gasteiger partial charge in [-0.3, -0.25) is 0 Å². The van der Waals surface area contributed by atoms with Crippen LogP contribution in [0.1, 0.15) is 29.2 Å². The van der Waals surface area contributed by atoms with Gasteiger partial charge in [0.05, 0.1) is 17.8 Å². The smallest absolute Gasteiger partial charge is 0.137 e. The predicted molar refractivity (Wildman–Crippen MR) is 112 cm³/mol. The van der Waals surface area contributed by atoms with Gasteiger partial charge in [0.15, 0.2) is 0 Å². The molecule has 5 heterocycles. The summed E-state index contributed by atoms with van der Waals surface area (Å²) in [6, 6.07) is 6.15. The Balaban J connectivity index is 1.67. The summed E-state index contributed by atoms with van der Waals surface area (Å²) >= 11 is 0. The van der Waals surface area contributed by atoms with Crippen molar-refractivity contribution in [3.05, 3.63) is 47.4 Å². The maximum atomic E-state index is 6.04. The molecule has 0 bridgehead atoms. The van der Waals surface area contributed by atoms with E-state index in [1.54, 1.807) is 7.11 Å². The van der Waals surface area contributed by atoms with Crippen LogP contribution in [0.5, 0.6) is 0 Å². The Kier molecular flexibility index (Phi) is 4.34. The van der Waals surface area contributed by atoms with Gasteiger partial charge in [0, 0.05) is 63.0 Å². The zero-order valence-electron chi connectivity index (χ0n) is 17.2. The highest BCUT2D eigenvalue weighted by atomic mass is 16.5. The van der Waals surface area contributed by atoms with E-state index in [0.29, 0.717) is 24.9 Å². The number of nitrogens with two attached hydrogens (primary N) is 1. The Labute approximate surface area is 170 Å². The summed E-state index contributed by atoms with van der Waals surface area (Å²) < 4.78 is 13.7. The van der Waals surface area contributed by atoms with Gasteiger partial charge in [0.1, 0.15) is 17.2 Å². The number of anilines is 1. The largest absolute Gasteiger partial charge is 0.384 e. The number of likely N-dealkylation sites (N-methyl/N-ethyl adjacent to an activating group) is 1. The van der Waals surface area contributed by atoms with Gasteiger partial charge in [-0.25, -0.2) is 9.97 Å².